The molecule has 1 amide bonds. The second-order valence-electron chi connectivity index (χ2n) is 3.92. The predicted octanol–water partition coefficient (Wildman–Crippen LogP) is 0.886. The highest BCUT2D eigenvalue weighted by Gasteiger charge is 2.41. The fourth-order valence-corrected chi connectivity index (χ4v) is 1.60. The molecule has 4 nitrogen and oxygen atoms in total. The fourth-order valence-electron chi connectivity index (χ4n) is 1.60. The van der Waals surface area contributed by atoms with Crippen LogP contribution in [0.3, 0.4) is 0 Å². The number of carboxylic acid groups (broad SMARTS) is 1. The van der Waals surface area contributed by atoms with Crippen molar-refractivity contribution in [2.45, 2.75) is 19.8 Å². The second kappa shape index (κ2) is 3.82. The summed E-state index contributed by atoms with van der Waals surface area (Å²) in [6, 6.07) is 0. The molecule has 0 bridgehead atoms. The van der Waals surface area contributed by atoms with E-state index in [1.807, 2.05) is 0 Å². The Kier molecular flexibility index (Phi) is 2.93. The van der Waals surface area contributed by atoms with Gasteiger partial charge in [0.2, 0.25) is 5.91 Å². The zero-order chi connectivity index (χ0) is 10.8. The number of rotatable bonds is 3. The summed E-state index contributed by atoms with van der Waals surface area (Å²) in [4.78, 5) is 23.9. The van der Waals surface area contributed by atoms with Gasteiger partial charge in [0.15, 0.2) is 0 Å². The van der Waals surface area contributed by atoms with E-state index in [9.17, 15) is 9.59 Å². The molecule has 1 rings (SSSR count). The Hall–Kier alpha value is -1.32. The monoisotopic (exact) mass is 197 g/mol. The molecule has 0 radical (unpaired) electrons. The average molecular weight is 197 g/mol. The zero-order valence-electron chi connectivity index (χ0n) is 8.32. The molecular weight excluding hydrogens is 182 g/mol. The van der Waals surface area contributed by atoms with Crippen LogP contribution in [-0.4, -0.2) is 35.0 Å². The lowest BCUT2D eigenvalue weighted by Gasteiger charge is -2.19. The highest BCUT2D eigenvalue weighted by molar-refractivity contribution is 5.81. The van der Waals surface area contributed by atoms with Gasteiger partial charge in [0, 0.05) is 19.5 Å². The molecule has 1 fully saturated rings. The van der Waals surface area contributed by atoms with Crippen LogP contribution in [0.1, 0.15) is 19.8 Å². The summed E-state index contributed by atoms with van der Waals surface area (Å²) < 4.78 is 0. The average Bonchev–Trinajstić information content (AvgIpc) is 2.50. The van der Waals surface area contributed by atoms with Crippen molar-refractivity contribution < 1.29 is 14.7 Å². The third-order valence-electron chi connectivity index (χ3n) is 2.66. The number of likely N-dealkylation sites (tertiary alicyclic amines) is 1. The molecule has 1 aliphatic heterocycles. The number of carbonyl (C=O) groups is 2. The van der Waals surface area contributed by atoms with Crippen molar-refractivity contribution in [2.75, 3.05) is 13.1 Å². The van der Waals surface area contributed by atoms with E-state index in [1.165, 1.54) is 0 Å². The van der Waals surface area contributed by atoms with Gasteiger partial charge in [-0.3, -0.25) is 9.59 Å². The molecule has 1 aliphatic rings. The molecule has 1 atom stereocenters. The number of nitrogens with zero attached hydrogens (tertiary/aromatic N) is 1. The van der Waals surface area contributed by atoms with Gasteiger partial charge in [-0.1, -0.05) is 6.08 Å². The molecule has 1 saturated heterocycles. The normalized spacial score (nSPS) is 26.2. The Morgan fingerprint density at radius 3 is 2.71 bits per heavy atom. The molecule has 4 heteroatoms. The summed E-state index contributed by atoms with van der Waals surface area (Å²) in [5.41, 5.74) is -0.767. The van der Waals surface area contributed by atoms with Crippen LogP contribution in [-0.2, 0) is 9.59 Å². The van der Waals surface area contributed by atoms with E-state index in [0.29, 0.717) is 19.5 Å². The Balaban J connectivity index is 2.61. The quantitative estimate of drug-likeness (QED) is 0.683. The molecule has 0 aromatic carbocycles. The third-order valence-corrected chi connectivity index (χ3v) is 2.66. The Morgan fingerprint density at radius 2 is 2.29 bits per heavy atom. The fraction of sp³-hybridized carbons (Fsp3) is 0.600. The minimum absolute atomic E-state index is 0.0371. The molecule has 1 heterocycles. The predicted molar refractivity (Wildman–Crippen MR) is 51.8 cm³/mol. The molecule has 1 unspecified atom stereocenters. The van der Waals surface area contributed by atoms with E-state index >= 15 is 0 Å². The van der Waals surface area contributed by atoms with Crippen LogP contribution >= 0.6 is 0 Å². The van der Waals surface area contributed by atoms with Crippen LogP contribution in [0.4, 0.5) is 0 Å². The number of amides is 1. The smallest absolute Gasteiger partial charge is 0.311 e. The van der Waals surface area contributed by atoms with E-state index in [1.54, 1.807) is 17.9 Å². The molecule has 0 aromatic heterocycles. The summed E-state index contributed by atoms with van der Waals surface area (Å²) in [5.74, 6) is -0.864. The lowest BCUT2D eigenvalue weighted by atomic mass is 9.90. The van der Waals surface area contributed by atoms with Gasteiger partial charge < -0.3 is 10.0 Å². The van der Waals surface area contributed by atoms with Gasteiger partial charge in [0.05, 0.1) is 5.41 Å². The molecule has 0 aromatic rings. The van der Waals surface area contributed by atoms with Crippen molar-refractivity contribution in [1.29, 1.82) is 0 Å². The molecule has 0 aliphatic carbocycles. The van der Waals surface area contributed by atoms with Crippen molar-refractivity contribution in [3.05, 3.63) is 12.7 Å². The lowest BCUT2D eigenvalue weighted by Crippen LogP contribution is -2.34. The molecule has 0 saturated carbocycles. The van der Waals surface area contributed by atoms with Crippen LogP contribution in [0.15, 0.2) is 12.7 Å². The van der Waals surface area contributed by atoms with Crippen LogP contribution in [0, 0.1) is 5.41 Å². The summed E-state index contributed by atoms with van der Waals surface area (Å²) in [5, 5.41) is 8.94. The van der Waals surface area contributed by atoms with E-state index in [-0.39, 0.29) is 12.3 Å². The highest BCUT2D eigenvalue weighted by Crippen LogP contribution is 2.30. The van der Waals surface area contributed by atoms with Gasteiger partial charge >= 0.3 is 5.97 Å². The van der Waals surface area contributed by atoms with Crippen LogP contribution in [0.25, 0.3) is 0 Å². The summed E-state index contributed by atoms with van der Waals surface area (Å²) in [6.45, 7) is 6.01. The zero-order valence-corrected chi connectivity index (χ0v) is 8.32. The van der Waals surface area contributed by atoms with E-state index in [2.05, 4.69) is 6.58 Å². The first kappa shape index (κ1) is 10.8. The number of carboxylic acids is 1. The first-order valence-electron chi connectivity index (χ1n) is 4.62. The minimum atomic E-state index is -0.827. The molecular formula is C10H15NO3. The Labute approximate surface area is 83.2 Å². The van der Waals surface area contributed by atoms with Crippen molar-refractivity contribution in [1.82, 2.24) is 4.90 Å². The topological polar surface area (TPSA) is 57.6 Å². The van der Waals surface area contributed by atoms with E-state index in [0.717, 1.165) is 0 Å². The number of hydrogen-bond acceptors (Lipinski definition) is 2. The van der Waals surface area contributed by atoms with Crippen LogP contribution < -0.4 is 0 Å². The van der Waals surface area contributed by atoms with Gasteiger partial charge in [0.1, 0.15) is 0 Å². The standard InChI is InChI=1S/C10H15NO3/c1-3-4-8(12)11-6-5-10(2,7-11)9(13)14/h3H,1,4-7H2,2H3,(H,13,14). The second-order valence-corrected chi connectivity index (χ2v) is 3.92. The van der Waals surface area contributed by atoms with E-state index in [4.69, 9.17) is 5.11 Å². The molecule has 78 valence electrons. The van der Waals surface area contributed by atoms with Crippen LogP contribution in [0.5, 0.6) is 0 Å². The number of carbonyl (C=O) groups excluding carboxylic acids is 1. The first-order chi connectivity index (χ1) is 6.49. The maximum absolute atomic E-state index is 11.4. The molecule has 14 heavy (non-hydrogen) atoms. The maximum atomic E-state index is 11.4. The highest BCUT2D eigenvalue weighted by atomic mass is 16.4. The van der Waals surface area contributed by atoms with Gasteiger partial charge in [-0.25, -0.2) is 0 Å². The van der Waals surface area contributed by atoms with Crippen molar-refractivity contribution in [3.63, 3.8) is 0 Å². The van der Waals surface area contributed by atoms with Crippen LogP contribution in [0.2, 0.25) is 0 Å². The Bertz CT molecular complexity index is 275. The van der Waals surface area contributed by atoms with Gasteiger partial charge in [-0.2, -0.15) is 0 Å². The van der Waals surface area contributed by atoms with E-state index < -0.39 is 11.4 Å². The lowest BCUT2D eigenvalue weighted by molar-refractivity contribution is -0.147. The molecule has 0 spiro atoms. The maximum Gasteiger partial charge on any atom is 0.311 e. The van der Waals surface area contributed by atoms with Crippen molar-refractivity contribution >= 4 is 11.9 Å². The summed E-state index contributed by atoms with van der Waals surface area (Å²) in [7, 11) is 0. The first-order valence-corrected chi connectivity index (χ1v) is 4.62. The van der Waals surface area contributed by atoms with Crippen molar-refractivity contribution in [2.24, 2.45) is 5.41 Å². The van der Waals surface area contributed by atoms with Crippen molar-refractivity contribution in [3.8, 4) is 0 Å². The SMILES string of the molecule is C=CCC(=O)N1CCC(C)(C(=O)O)C1. The third kappa shape index (κ3) is 1.95. The summed E-state index contributed by atoms with van der Waals surface area (Å²) in [6.07, 6.45) is 2.36. The van der Waals surface area contributed by atoms with Gasteiger partial charge in [0.25, 0.3) is 0 Å². The molecule has 1 N–H and O–H groups in total. The minimum Gasteiger partial charge on any atom is -0.481 e. The Morgan fingerprint density at radius 1 is 1.64 bits per heavy atom. The number of hydrogen-bond donors (Lipinski definition) is 1. The summed E-state index contributed by atoms with van der Waals surface area (Å²) >= 11 is 0. The number of aliphatic carboxylic acids is 1. The van der Waals surface area contributed by atoms with Gasteiger partial charge in [-0.05, 0) is 13.3 Å². The van der Waals surface area contributed by atoms with Gasteiger partial charge in [-0.15, -0.1) is 6.58 Å². The largest absolute Gasteiger partial charge is 0.481 e.